The molecule has 0 amide bonds. The summed E-state index contributed by atoms with van der Waals surface area (Å²) in [5, 5.41) is 18.7. The molecule has 0 aliphatic rings. The van der Waals surface area contributed by atoms with Crippen LogP contribution >= 0.6 is 11.6 Å². The minimum Gasteiger partial charge on any atom is -0.461 e. The van der Waals surface area contributed by atoms with E-state index in [1.165, 1.54) is 4.68 Å². The average molecular weight is 364 g/mol. The SMILES string of the molecule is CCOC(=O)c1nnn(-c2nonc2N)c1CNc1ccc(Cl)cc1. The molecule has 0 saturated carbocycles. The number of nitrogen functional groups attached to an aromatic ring is 1. The maximum absolute atomic E-state index is 12.1. The molecule has 10 nitrogen and oxygen atoms in total. The van der Waals surface area contributed by atoms with E-state index in [1.54, 1.807) is 31.2 Å². The Labute approximate surface area is 146 Å². The standard InChI is InChI=1S/C14H14ClN7O3/c1-2-24-14(23)11-10(7-17-9-5-3-8(15)4-6-9)22(21-18-11)13-12(16)19-25-20-13/h3-6,17H,2,7H2,1H3,(H2,16,19). The zero-order chi connectivity index (χ0) is 17.8. The summed E-state index contributed by atoms with van der Waals surface area (Å²) in [6.45, 7) is 2.12. The largest absolute Gasteiger partial charge is 0.461 e. The summed E-state index contributed by atoms with van der Waals surface area (Å²) in [5.41, 5.74) is 6.94. The molecule has 0 bridgehead atoms. The number of nitrogens with zero attached hydrogens (tertiary/aromatic N) is 5. The van der Waals surface area contributed by atoms with Gasteiger partial charge >= 0.3 is 5.97 Å². The number of benzene rings is 1. The second-order valence-corrected chi connectivity index (χ2v) is 5.29. The fraction of sp³-hybridized carbons (Fsp3) is 0.214. The van der Waals surface area contributed by atoms with Gasteiger partial charge in [-0.2, -0.15) is 4.68 Å². The number of carbonyl (C=O) groups excluding carboxylic acids is 1. The Morgan fingerprint density at radius 1 is 1.36 bits per heavy atom. The summed E-state index contributed by atoms with van der Waals surface area (Å²) < 4.78 is 10.9. The topological polar surface area (TPSA) is 134 Å². The molecular formula is C14H14ClN7O3. The lowest BCUT2D eigenvalue weighted by Gasteiger charge is -2.09. The number of hydrogen-bond acceptors (Lipinski definition) is 9. The van der Waals surface area contributed by atoms with E-state index in [0.717, 1.165) is 5.69 Å². The molecule has 130 valence electrons. The zero-order valence-electron chi connectivity index (χ0n) is 13.1. The molecule has 0 unspecified atom stereocenters. The van der Waals surface area contributed by atoms with E-state index < -0.39 is 5.97 Å². The van der Waals surface area contributed by atoms with Crippen molar-refractivity contribution in [2.75, 3.05) is 17.7 Å². The van der Waals surface area contributed by atoms with Crippen molar-refractivity contribution in [3.8, 4) is 5.82 Å². The van der Waals surface area contributed by atoms with Gasteiger partial charge in [0.2, 0.25) is 11.6 Å². The highest BCUT2D eigenvalue weighted by Gasteiger charge is 2.24. The molecular weight excluding hydrogens is 350 g/mol. The maximum Gasteiger partial charge on any atom is 0.360 e. The molecule has 1 aromatic carbocycles. The molecule has 11 heteroatoms. The van der Waals surface area contributed by atoms with E-state index >= 15 is 0 Å². The van der Waals surface area contributed by atoms with Gasteiger partial charge in [0.05, 0.1) is 13.2 Å². The highest BCUT2D eigenvalue weighted by atomic mass is 35.5. The molecule has 0 atom stereocenters. The lowest BCUT2D eigenvalue weighted by molar-refractivity contribution is 0.0518. The summed E-state index contributed by atoms with van der Waals surface area (Å²) in [7, 11) is 0. The van der Waals surface area contributed by atoms with Crippen LogP contribution < -0.4 is 11.1 Å². The highest BCUT2D eigenvalue weighted by Crippen LogP contribution is 2.19. The van der Waals surface area contributed by atoms with Crippen molar-refractivity contribution in [1.29, 1.82) is 0 Å². The molecule has 0 fully saturated rings. The number of nitrogens with one attached hydrogen (secondary N) is 1. The summed E-state index contributed by atoms with van der Waals surface area (Å²) in [6, 6.07) is 7.08. The van der Waals surface area contributed by atoms with Crippen LogP contribution in [0.1, 0.15) is 23.1 Å². The molecule has 0 spiro atoms. The van der Waals surface area contributed by atoms with Gasteiger partial charge in [0.1, 0.15) is 5.69 Å². The number of carbonyl (C=O) groups is 1. The van der Waals surface area contributed by atoms with E-state index in [2.05, 4.69) is 30.6 Å². The molecule has 2 heterocycles. The molecule has 2 aromatic heterocycles. The van der Waals surface area contributed by atoms with E-state index in [-0.39, 0.29) is 30.5 Å². The fourth-order valence-corrected chi connectivity index (χ4v) is 2.21. The Morgan fingerprint density at radius 3 is 2.76 bits per heavy atom. The van der Waals surface area contributed by atoms with Gasteiger partial charge < -0.3 is 15.8 Å². The molecule has 3 N–H and O–H groups in total. The lowest BCUT2D eigenvalue weighted by Crippen LogP contribution is -2.14. The number of ether oxygens (including phenoxy) is 1. The molecule has 25 heavy (non-hydrogen) atoms. The number of aromatic nitrogens is 5. The molecule has 0 aliphatic heterocycles. The van der Waals surface area contributed by atoms with E-state index in [1.807, 2.05) is 0 Å². The summed E-state index contributed by atoms with van der Waals surface area (Å²) in [5.74, 6) is -0.444. The third-order valence-corrected chi connectivity index (χ3v) is 3.48. The minimum atomic E-state index is -0.600. The van der Waals surface area contributed by atoms with Crippen LogP contribution in [0.15, 0.2) is 28.9 Å². The minimum absolute atomic E-state index is 0.0213. The van der Waals surface area contributed by atoms with Crippen LogP contribution in [-0.4, -0.2) is 37.9 Å². The summed E-state index contributed by atoms with van der Waals surface area (Å²) >= 11 is 5.87. The third kappa shape index (κ3) is 3.53. The Hall–Kier alpha value is -3.14. The first-order chi connectivity index (χ1) is 12.1. The van der Waals surface area contributed by atoms with Gasteiger partial charge in [0.15, 0.2) is 5.69 Å². The van der Waals surface area contributed by atoms with Crippen LogP contribution in [0.4, 0.5) is 11.5 Å². The van der Waals surface area contributed by atoms with Gasteiger partial charge in [0, 0.05) is 10.7 Å². The predicted molar refractivity (Wildman–Crippen MR) is 88.4 cm³/mol. The van der Waals surface area contributed by atoms with Gasteiger partial charge in [-0.05, 0) is 41.5 Å². The second-order valence-electron chi connectivity index (χ2n) is 4.85. The normalized spacial score (nSPS) is 10.6. The van der Waals surface area contributed by atoms with Crippen molar-refractivity contribution in [2.24, 2.45) is 0 Å². The van der Waals surface area contributed by atoms with Crippen LogP contribution in [-0.2, 0) is 11.3 Å². The van der Waals surface area contributed by atoms with Crippen LogP contribution in [0.2, 0.25) is 5.02 Å². The third-order valence-electron chi connectivity index (χ3n) is 3.23. The molecule has 0 aliphatic carbocycles. The predicted octanol–water partition coefficient (Wildman–Crippen LogP) is 1.67. The number of rotatable bonds is 6. The summed E-state index contributed by atoms with van der Waals surface area (Å²) in [6.07, 6.45) is 0. The van der Waals surface area contributed by atoms with E-state index in [9.17, 15) is 4.79 Å². The maximum atomic E-state index is 12.1. The quantitative estimate of drug-likeness (QED) is 0.627. The van der Waals surface area contributed by atoms with Crippen LogP contribution in [0, 0.1) is 0 Å². The molecule has 0 radical (unpaired) electrons. The monoisotopic (exact) mass is 363 g/mol. The van der Waals surface area contributed by atoms with Crippen LogP contribution in [0.5, 0.6) is 0 Å². The Morgan fingerprint density at radius 2 is 2.12 bits per heavy atom. The van der Waals surface area contributed by atoms with E-state index in [0.29, 0.717) is 10.7 Å². The van der Waals surface area contributed by atoms with Gasteiger partial charge in [-0.1, -0.05) is 16.8 Å². The second kappa shape index (κ2) is 7.18. The van der Waals surface area contributed by atoms with Crippen LogP contribution in [0.3, 0.4) is 0 Å². The van der Waals surface area contributed by atoms with Crippen molar-refractivity contribution in [1.82, 2.24) is 25.3 Å². The Balaban J connectivity index is 1.93. The number of nitrogens with two attached hydrogens (primary N) is 1. The van der Waals surface area contributed by atoms with Gasteiger partial charge in [-0.3, -0.25) is 0 Å². The van der Waals surface area contributed by atoms with Crippen molar-refractivity contribution < 1.29 is 14.2 Å². The van der Waals surface area contributed by atoms with Gasteiger partial charge in [-0.15, -0.1) is 5.10 Å². The first-order valence-electron chi connectivity index (χ1n) is 7.29. The Kier molecular flexibility index (Phi) is 4.80. The number of anilines is 2. The van der Waals surface area contributed by atoms with Crippen molar-refractivity contribution in [3.63, 3.8) is 0 Å². The summed E-state index contributed by atoms with van der Waals surface area (Å²) in [4.78, 5) is 12.1. The van der Waals surface area contributed by atoms with Gasteiger partial charge in [0.25, 0.3) is 0 Å². The highest BCUT2D eigenvalue weighted by molar-refractivity contribution is 6.30. The molecule has 3 rings (SSSR count). The Bertz CT molecular complexity index is 875. The fourth-order valence-electron chi connectivity index (χ4n) is 2.08. The first kappa shape index (κ1) is 16.7. The van der Waals surface area contributed by atoms with Crippen molar-refractivity contribution in [3.05, 3.63) is 40.7 Å². The van der Waals surface area contributed by atoms with Crippen LogP contribution in [0.25, 0.3) is 5.82 Å². The first-order valence-corrected chi connectivity index (χ1v) is 7.67. The van der Waals surface area contributed by atoms with Gasteiger partial charge in [-0.25, -0.2) is 9.42 Å². The number of esters is 1. The number of hydrogen-bond donors (Lipinski definition) is 2. The van der Waals surface area contributed by atoms with Crippen molar-refractivity contribution >= 4 is 29.1 Å². The molecule has 0 saturated heterocycles. The smallest absolute Gasteiger partial charge is 0.360 e. The molecule has 3 aromatic rings. The lowest BCUT2D eigenvalue weighted by atomic mass is 10.2. The zero-order valence-corrected chi connectivity index (χ0v) is 13.9. The average Bonchev–Trinajstić information content (AvgIpc) is 3.20. The number of halogens is 1. The van der Waals surface area contributed by atoms with Crippen molar-refractivity contribution in [2.45, 2.75) is 13.5 Å². The van der Waals surface area contributed by atoms with E-state index in [4.69, 9.17) is 22.1 Å².